The van der Waals surface area contributed by atoms with Gasteiger partial charge in [-0.3, -0.25) is 14.4 Å². The van der Waals surface area contributed by atoms with Gasteiger partial charge in [0.25, 0.3) is 12.3 Å². The minimum Gasteiger partial charge on any atom is -0.490 e. The lowest BCUT2D eigenvalue weighted by atomic mass is 9.87. The van der Waals surface area contributed by atoms with E-state index in [-0.39, 0.29) is 46.9 Å². The van der Waals surface area contributed by atoms with Crippen LogP contribution in [-0.4, -0.2) is 35.4 Å². The molecule has 9 heteroatoms. The number of aliphatic carboxylic acids is 1. The first-order valence-corrected chi connectivity index (χ1v) is 11.5. The van der Waals surface area contributed by atoms with Crippen molar-refractivity contribution in [2.24, 2.45) is 5.92 Å². The monoisotopic (exact) mass is 493 g/mol. The molecular formula is C25H26ClF2NO5. The SMILES string of the molecule is O=C(NCCCC(=O)c1ccc(OC2CCC(C(=O)O)CC2)cc1Cl)c1ccc(C(F)F)cc1. The summed E-state index contributed by atoms with van der Waals surface area (Å²) >= 11 is 6.28. The van der Waals surface area contributed by atoms with E-state index in [9.17, 15) is 23.2 Å². The fourth-order valence-electron chi connectivity index (χ4n) is 3.88. The number of benzene rings is 2. The van der Waals surface area contributed by atoms with Gasteiger partial charge < -0.3 is 15.2 Å². The molecule has 2 N–H and O–H groups in total. The largest absolute Gasteiger partial charge is 0.490 e. The number of rotatable bonds is 10. The van der Waals surface area contributed by atoms with Gasteiger partial charge in [-0.15, -0.1) is 0 Å². The molecule has 1 amide bonds. The highest BCUT2D eigenvalue weighted by atomic mass is 35.5. The lowest BCUT2D eigenvalue weighted by Crippen LogP contribution is -2.27. The van der Waals surface area contributed by atoms with Gasteiger partial charge in [-0.05, 0) is 62.4 Å². The zero-order valence-corrected chi connectivity index (χ0v) is 19.2. The molecule has 182 valence electrons. The van der Waals surface area contributed by atoms with E-state index in [4.69, 9.17) is 21.4 Å². The van der Waals surface area contributed by atoms with Gasteiger partial charge in [-0.1, -0.05) is 23.7 Å². The highest BCUT2D eigenvalue weighted by Crippen LogP contribution is 2.30. The number of carboxylic acid groups (broad SMARTS) is 1. The topological polar surface area (TPSA) is 92.7 Å². The highest BCUT2D eigenvalue weighted by Gasteiger charge is 2.27. The van der Waals surface area contributed by atoms with Crippen LogP contribution in [0.2, 0.25) is 5.02 Å². The number of ketones is 1. The normalized spacial score (nSPS) is 17.9. The fourth-order valence-corrected chi connectivity index (χ4v) is 4.16. The Morgan fingerprint density at radius 3 is 2.32 bits per heavy atom. The summed E-state index contributed by atoms with van der Waals surface area (Å²) in [4.78, 5) is 35.7. The summed E-state index contributed by atoms with van der Waals surface area (Å²) in [5, 5.41) is 12.0. The number of Topliss-reactive ketones (excluding diaryl/α,β-unsaturated/α-hetero) is 1. The van der Waals surface area contributed by atoms with Crippen LogP contribution in [-0.2, 0) is 4.79 Å². The maximum absolute atomic E-state index is 12.6. The van der Waals surface area contributed by atoms with Gasteiger partial charge in [0.2, 0.25) is 0 Å². The predicted octanol–water partition coefficient (Wildman–Crippen LogP) is 5.69. The number of nitrogens with one attached hydrogen (secondary N) is 1. The van der Waals surface area contributed by atoms with Crippen molar-refractivity contribution in [3.05, 3.63) is 64.2 Å². The number of halogens is 3. The fraction of sp³-hybridized carbons (Fsp3) is 0.400. The number of amides is 1. The van der Waals surface area contributed by atoms with E-state index in [2.05, 4.69) is 5.32 Å². The molecule has 2 aromatic rings. The lowest BCUT2D eigenvalue weighted by molar-refractivity contribution is -0.143. The zero-order chi connectivity index (χ0) is 24.7. The summed E-state index contributed by atoms with van der Waals surface area (Å²) in [6.45, 7) is 0.249. The van der Waals surface area contributed by atoms with Crippen LogP contribution in [0.15, 0.2) is 42.5 Å². The molecule has 3 rings (SSSR count). The van der Waals surface area contributed by atoms with Crippen LogP contribution in [0.25, 0.3) is 0 Å². The molecule has 0 unspecified atom stereocenters. The predicted molar refractivity (Wildman–Crippen MR) is 123 cm³/mol. The molecule has 0 bridgehead atoms. The summed E-state index contributed by atoms with van der Waals surface area (Å²) in [6, 6.07) is 9.95. The van der Waals surface area contributed by atoms with Gasteiger partial charge in [-0.25, -0.2) is 8.78 Å². The standard InChI is InChI=1S/C25H26ClF2NO5/c26-21-14-19(34-18-9-7-17(8-10-18)25(32)33)11-12-20(21)22(30)2-1-13-29-24(31)16-5-3-15(4-6-16)23(27)28/h3-6,11-12,14,17-18,23H,1-2,7-10,13H2,(H,29,31)(H,32,33). The summed E-state index contributed by atoms with van der Waals surface area (Å²) in [6.07, 6.45) is 0.335. The van der Waals surface area contributed by atoms with Crippen molar-refractivity contribution in [2.45, 2.75) is 51.1 Å². The van der Waals surface area contributed by atoms with Gasteiger partial charge >= 0.3 is 5.97 Å². The van der Waals surface area contributed by atoms with Crippen LogP contribution in [0.3, 0.4) is 0 Å². The molecule has 0 spiro atoms. The van der Waals surface area contributed by atoms with Gasteiger partial charge in [0, 0.05) is 29.7 Å². The van der Waals surface area contributed by atoms with E-state index in [0.717, 1.165) is 0 Å². The number of hydrogen-bond donors (Lipinski definition) is 2. The van der Waals surface area contributed by atoms with Gasteiger partial charge in [0.15, 0.2) is 5.78 Å². The Hall–Kier alpha value is -3.00. The third-order valence-corrected chi connectivity index (χ3v) is 6.17. The van der Waals surface area contributed by atoms with E-state index >= 15 is 0 Å². The lowest BCUT2D eigenvalue weighted by Gasteiger charge is -2.26. The van der Waals surface area contributed by atoms with Crippen molar-refractivity contribution >= 4 is 29.3 Å². The zero-order valence-electron chi connectivity index (χ0n) is 18.4. The Labute approximate surface area is 201 Å². The third kappa shape index (κ3) is 7.00. The number of carbonyl (C=O) groups excluding carboxylic acids is 2. The Bertz CT molecular complexity index is 1020. The van der Waals surface area contributed by atoms with E-state index in [1.807, 2.05) is 0 Å². The maximum atomic E-state index is 12.6. The number of carboxylic acids is 1. The molecule has 1 aliphatic rings. The molecule has 0 heterocycles. The second kappa shape index (κ2) is 11.9. The molecule has 1 saturated carbocycles. The first-order chi connectivity index (χ1) is 16.2. The highest BCUT2D eigenvalue weighted by molar-refractivity contribution is 6.34. The minimum atomic E-state index is -2.59. The molecule has 0 saturated heterocycles. The third-order valence-electron chi connectivity index (χ3n) is 5.86. The summed E-state index contributed by atoms with van der Waals surface area (Å²) in [5.74, 6) is -1.13. The van der Waals surface area contributed by atoms with Crippen LogP contribution in [0.4, 0.5) is 8.78 Å². The van der Waals surface area contributed by atoms with Crippen LogP contribution >= 0.6 is 11.6 Å². The Morgan fingerprint density at radius 2 is 1.74 bits per heavy atom. The molecule has 0 aromatic heterocycles. The van der Waals surface area contributed by atoms with E-state index in [0.29, 0.717) is 43.4 Å². The van der Waals surface area contributed by atoms with Gasteiger partial charge in [-0.2, -0.15) is 0 Å². The van der Waals surface area contributed by atoms with Crippen LogP contribution in [0.1, 0.15) is 71.2 Å². The molecule has 34 heavy (non-hydrogen) atoms. The van der Waals surface area contributed by atoms with Crippen LogP contribution in [0, 0.1) is 5.92 Å². The average Bonchev–Trinajstić information content (AvgIpc) is 2.82. The summed E-state index contributed by atoms with van der Waals surface area (Å²) < 4.78 is 31.1. The van der Waals surface area contributed by atoms with Crippen LogP contribution in [0.5, 0.6) is 5.75 Å². The molecule has 1 fully saturated rings. The molecule has 6 nitrogen and oxygen atoms in total. The van der Waals surface area contributed by atoms with Crippen molar-refractivity contribution < 1.29 is 33.0 Å². The Balaban J connectivity index is 1.43. The quantitative estimate of drug-likeness (QED) is 0.327. The average molecular weight is 494 g/mol. The molecule has 0 aliphatic heterocycles. The number of alkyl halides is 2. The molecule has 0 atom stereocenters. The second-order valence-electron chi connectivity index (χ2n) is 8.28. The van der Waals surface area contributed by atoms with Crippen molar-refractivity contribution in [1.82, 2.24) is 5.32 Å². The van der Waals surface area contributed by atoms with Crippen molar-refractivity contribution in [3.8, 4) is 5.75 Å². The minimum absolute atomic E-state index is 0.0802. The molecule has 0 radical (unpaired) electrons. The molecule has 1 aliphatic carbocycles. The Kier molecular flexibility index (Phi) is 8.98. The number of ether oxygens (including phenoxy) is 1. The second-order valence-corrected chi connectivity index (χ2v) is 8.68. The van der Waals surface area contributed by atoms with Crippen LogP contribution < -0.4 is 10.1 Å². The molecular weight excluding hydrogens is 468 g/mol. The number of carbonyl (C=O) groups is 3. The van der Waals surface area contributed by atoms with Gasteiger partial charge in [0.1, 0.15) is 5.75 Å². The molecule has 2 aromatic carbocycles. The summed E-state index contributed by atoms with van der Waals surface area (Å²) in [5.41, 5.74) is 0.476. The van der Waals surface area contributed by atoms with Crippen molar-refractivity contribution in [3.63, 3.8) is 0 Å². The maximum Gasteiger partial charge on any atom is 0.306 e. The Morgan fingerprint density at radius 1 is 1.06 bits per heavy atom. The van der Waals surface area contributed by atoms with E-state index < -0.39 is 18.3 Å². The first kappa shape index (κ1) is 25.6. The van der Waals surface area contributed by atoms with Crippen molar-refractivity contribution in [1.29, 1.82) is 0 Å². The van der Waals surface area contributed by atoms with Gasteiger partial charge in [0.05, 0.1) is 17.0 Å². The van der Waals surface area contributed by atoms with E-state index in [1.165, 1.54) is 24.3 Å². The van der Waals surface area contributed by atoms with Crippen molar-refractivity contribution in [2.75, 3.05) is 6.54 Å². The number of hydrogen-bond acceptors (Lipinski definition) is 4. The summed E-state index contributed by atoms with van der Waals surface area (Å²) in [7, 11) is 0. The smallest absolute Gasteiger partial charge is 0.306 e. The first-order valence-electron chi connectivity index (χ1n) is 11.1. The van der Waals surface area contributed by atoms with E-state index in [1.54, 1.807) is 18.2 Å².